The van der Waals surface area contributed by atoms with Gasteiger partial charge in [0.25, 0.3) is 5.91 Å². The molecule has 2 heterocycles. The number of anilines is 1. The highest BCUT2D eigenvalue weighted by Crippen LogP contribution is 2.49. The number of aromatic hydroxyl groups is 1. The molecule has 2 fully saturated rings. The second-order valence-electron chi connectivity index (χ2n) is 7.45. The predicted molar refractivity (Wildman–Crippen MR) is 108 cm³/mol. The van der Waals surface area contributed by atoms with Gasteiger partial charge in [-0.1, -0.05) is 34.1 Å². The number of para-hydroxylation sites is 1. The zero-order valence-electron chi connectivity index (χ0n) is 15.8. The highest BCUT2D eigenvalue weighted by Gasteiger charge is 2.60. The normalized spacial score (nSPS) is 24.4. The molecule has 7 heteroatoms. The Morgan fingerprint density at radius 2 is 1.82 bits per heavy atom. The van der Waals surface area contributed by atoms with Crippen molar-refractivity contribution in [1.82, 2.24) is 4.90 Å². The number of hydroxylamine groups is 1. The van der Waals surface area contributed by atoms with Crippen molar-refractivity contribution in [2.24, 2.45) is 5.92 Å². The highest BCUT2D eigenvalue weighted by molar-refractivity contribution is 9.10. The van der Waals surface area contributed by atoms with Crippen molar-refractivity contribution in [2.75, 3.05) is 5.06 Å². The van der Waals surface area contributed by atoms with E-state index in [0.717, 1.165) is 15.7 Å². The lowest BCUT2D eigenvalue weighted by atomic mass is 9.90. The number of nitrogens with zero attached hydrogens (tertiary/aromatic N) is 2. The van der Waals surface area contributed by atoms with E-state index in [4.69, 9.17) is 4.84 Å². The van der Waals surface area contributed by atoms with Gasteiger partial charge in [-0.2, -0.15) is 0 Å². The average Bonchev–Trinajstić information content (AvgIpc) is 3.14. The maximum absolute atomic E-state index is 13.2. The number of imide groups is 1. The molecule has 0 saturated carbocycles. The van der Waals surface area contributed by atoms with E-state index in [2.05, 4.69) is 15.9 Å². The second-order valence-corrected chi connectivity index (χ2v) is 8.37. The van der Waals surface area contributed by atoms with E-state index in [1.165, 1.54) is 4.90 Å². The van der Waals surface area contributed by atoms with E-state index in [-0.39, 0.29) is 23.6 Å². The quantitative estimate of drug-likeness (QED) is 0.730. The molecule has 2 aromatic rings. The van der Waals surface area contributed by atoms with Crippen LogP contribution in [-0.2, 0) is 14.4 Å². The largest absolute Gasteiger partial charge is 0.508 e. The lowest BCUT2D eigenvalue weighted by Crippen LogP contribution is -2.41. The first-order chi connectivity index (χ1) is 13.3. The molecule has 6 nitrogen and oxygen atoms in total. The van der Waals surface area contributed by atoms with E-state index >= 15 is 0 Å². The van der Waals surface area contributed by atoms with E-state index in [1.807, 2.05) is 45.0 Å². The maximum atomic E-state index is 13.2. The molecule has 28 heavy (non-hydrogen) atoms. The van der Waals surface area contributed by atoms with Crippen molar-refractivity contribution in [3.63, 3.8) is 0 Å². The standard InChI is InChI=1S/C21H21BrN2O4/c1-11(2)23-20(26)17-18(14-10-13(22)8-9-16(14)25)24(28-19(17)21(23)27)15-7-5-4-6-12(15)3/h4-11,17-19,25H,1-3H3. The molecule has 1 N–H and O–H groups in total. The number of rotatable bonds is 3. The average molecular weight is 445 g/mol. The van der Waals surface area contributed by atoms with Crippen LogP contribution in [0.2, 0.25) is 0 Å². The molecule has 2 aliphatic heterocycles. The van der Waals surface area contributed by atoms with Gasteiger partial charge in [-0.15, -0.1) is 0 Å². The van der Waals surface area contributed by atoms with Crippen molar-refractivity contribution >= 4 is 33.4 Å². The molecular formula is C21H21BrN2O4. The molecule has 2 aromatic carbocycles. The summed E-state index contributed by atoms with van der Waals surface area (Å²) in [5.74, 6) is -1.28. The van der Waals surface area contributed by atoms with Crippen LogP contribution in [0.1, 0.15) is 31.0 Å². The fourth-order valence-electron chi connectivity index (χ4n) is 4.04. The maximum Gasteiger partial charge on any atom is 0.262 e. The summed E-state index contributed by atoms with van der Waals surface area (Å²) in [7, 11) is 0. The first-order valence-corrected chi connectivity index (χ1v) is 9.97. The van der Waals surface area contributed by atoms with Gasteiger partial charge in [-0.3, -0.25) is 19.3 Å². The number of hydrogen-bond acceptors (Lipinski definition) is 5. The minimum absolute atomic E-state index is 0.0549. The minimum Gasteiger partial charge on any atom is -0.508 e. The van der Waals surface area contributed by atoms with Gasteiger partial charge in [0.15, 0.2) is 6.10 Å². The summed E-state index contributed by atoms with van der Waals surface area (Å²) in [6.07, 6.45) is -0.905. The third-order valence-electron chi connectivity index (χ3n) is 5.33. The summed E-state index contributed by atoms with van der Waals surface area (Å²) >= 11 is 3.44. The van der Waals surface area contributed by atoms with Crippen molar-refractivity contribution < 1.29 is 19.5 Å². The summed E-state index contributed by atoms with van der Waals surface area (Å²) in [5, 5.41) is 12.2. The monoisotopic (exact) mass is 444 g/mol. The van der Waals surface area contributed by atoms with Crippen LogP contribution >= 0.6 is 15.9 Å². The number of carbonyl (C=O) groups excluding carboxylic acids is 2. The van der Waals surface area contributed by atoms with Gasteiger partial charge in [0.1, 0.15) is 11.7 Å². The minimum atomic E-state index is -0.905. The summed E-state index contributed by atoms with van der Waals surface area (Å²) < 4.78 is 0.769. The van der Waals surface area contributed by atoms with E-state index in [0.29, 0.717) is 5.56 Å². The first-order valence-electron chi connectivity index (χ1n) is 9.18. The van der Waals surface area contributed by atoms with Crippen molar-refractivity contribution in [1.29, 1.82) is 0 Å². The summed E-state index contributed by atoms with van der Waals surface area (Å²) in [4.78, 5) is 33.4. The number of hydrogen-bond donors (Lipinski definition) is 1. The van der Waals surface area contributed by atoms with Crippen LogP contribution in [0.15, 0.2) is 46.9 Å². The molecule has 2 saturated heterocycles. The molecule has 3 unspecified atom stereocenters. The number of phenolic OH excluding ortho intramolecular Hbond substituents is 1. The Morgan fingerprint density at radius 1 is 1.11 bits per heavy atom. The summed E-state index contributed by atoms with van der Waals surface area (Å²) in [5.41, 5.74) is 2.25. The third kappa shape index (κ3) is 2.81. The zero-order chi connectivity index (χ0) is 20.2. The molecule has 0 spiro atoms. The Hall–Kier alpha value is -2.38. The topological polar surface area (TPSA) is 70.1 Å². The van der Waals surface area contributed by atoms with Crippen LogP contribution in [0.25, 0.3) is 0 Å². The number of likely N-dealkylation sites (tertiary alicyclic amines) is 1. The van der Waals surface area contributed by atoms with E-state index in [9.17, 15) is 14.7 Å². The third-order valence-corrected chi connectivity index (χ3v) is 5.82. The van der Waals surface area contributed by atoms with Crippen molar-refractivity contribution in [3.8, 4) is 5.75 Å². The first kappa shape index (κ1) is 19.0. The van der Waals surface area contributed by atoms with Crippen LogP contribution in [0, 0.1) is 12.8 Å². The molecule has 2 aliphatic rings. The van der Waals surface area contributed by atoms with Crippen LogP contribution < -0.4 is 5.06 Å². The SMILES string of the molecule is Cc1ccccc1N1OC2C(=O)N(C(C)C)C(=O)C2C1c1cc(Br)ccc1O. The van der Waals surface area contributed by atoms with E-state index < -0.39 is 18.1 Å². The smallest absolute Gasteiger partial charge is 0.262 e. The lowest BCUT2D eigenvalue weighted by molar-refractivity contribution is -0.145. The predicted octanol–water partition coefficient (Wildman–Crippen LogP) is 3.72. The lowest BCUT2D eigenvalue weighted by Gasteiger charge is -2.31. The Kier molecular flexibility index (Phi) is 4.67. The van der Waals surface area contributed by atoms with Gasteiger partial charge in [0, 0.05) is 16.1 Å². The van der Waals surface area contributed by atoms with Crippen molar-refractivity contribution in [2.45, 2.75) is 39.0 Å². The Balaban J connectivity index is 1.88. The number of halogens is 1. The van der Waals surface area contributed by atoms with Crippen LogP contribution in [-0.4, -0.2) is 34.0 Å². The van der Waals surface area contributed by atoms with Crippen LogP contribution in [0.4, 0.5) is 5.69 Å². The van der Waals surface area contributed by atoms with Crippen molar-refractivity contribution in [3.05, 3.63) is 58.1 Å². The number of carbonyl (C=O) groups is 2. The van der Waals surface area contributed by atoms with E-state index in [1.54, 1.807) is 23.3 Å². The fraction of sp³-hybridized carbons (Fsp3) is 0.333. The number of fused-ring (bicyclic) bond motifs is 1. The molecule has 0 radical (unpaired) electrons. The summed E-state index contributed by atoms with van der Waals surface area (Å²) in [6.45, 7) is 5.55. The second kappa shape index (κ2) is 6.90. The Labute approximate surface area is 171 Å². The molecule has 146 valence electrons. The molecule has 0 aliphatic carbocycles. The van der Waals surface area contributed by atoms with Gasteiger partial charge < -0.3 is 5.11 Å². The Morgan fingerprint density at radius 3 is 2.50 bits per heavy atom. The number of benzene rings is 2. The summed E-state index contributed by atoms with van der Waals surface area (Å²) in [6, 6.07) is 11.8. The fourth-order valence-corrected chi connectivity index (χ4v) is 4.42. The molecule has 0 aromatic heterocycles. The van der Waals surface area contributed by atoms with Gasteiger partial charge in [-0.25, -0.2) is 5.06 Å². The number of aryl methyl sites for hydroxylation is 1. The van der Waals surface area contributed by atoms with Gasteiger partial charge >= 0.3 is 0 Å². The Bertz CT molecular complexity index is 961. The molecule has 2 amide bonds. The zero-order valence-corrected chi connectivity index (χ0v) is 17.4. The van der Waals surface area contributed by atoms with Gasteiger partial charge in [-0.05, 0) is 50.6 Å². The molecular weight excluding hydrogens is 424 g/mol. The van der Waals surface area contributed by atoms with Gasteiger partial charge in [0.05, 0.1) is 11.7 Å². The molecule has 0 bridgehead atoms. The molecule has 4 rings (SSSR count). The molecule has 3 atom stereocenters. The highest BCUT2D eigenvalue weighted by atomic mass is 79.9. The van der Waals surface area contributed by atoms with Crippen LogP contribution in [0.5, 0.6) is 5.75 Å². The number of amides is 2. The van der Waals surface area contributed by atoms with Crippen LogP contribution in [0.3, 0.4) is 0 Å². The van der Waals surface area contributed by atoms with Gasteiger partial charge in [0.2, 0.25) is 5.91 Å². The number of phenols is 1.